The summed E-state index contributed by atoms with van der Waals surface area (Å²) in [6.07, 6.45) is 3.35. The van der Waals surface area contributed by atoms with Gasteiger partial charge in [0.25, 0.3) is 5.91 Å². The summed E-state index contributed by atoms with van der Waals surface area (Å²) in [6, 6.07) is 5.18. The molecule has 0 aliphatic carbocycles. The first kappa shape index (κ1) is 18.5. The lowest BCUT2D eigenvalue weighted by Gasteiger charge is -2.32. The van der Waals surface area contributed by atoms with Gasteiger partial charge in [0.2, 0.25) is 10.0 Å². The molecule has 0 radical (unpaired) electrons. The summed E-state index contributed by atoms with van der Waals surface area (Å²) < 4.78 is 39.8. The van der Waals surface area contributed by atoms with Crippen LogP contribution in [0.15, 0.2) is 35.4 Å². The number of carbonyl (C=O) groups is 1. The number of likely N-dealkylation sites (tertiary alicyclic amines) is 1. The predicted molar refractivity (Wildman–Crippen MR) is 93.7 cm³/mol. The van der Waals surface area contributed by atoms with E-state index in [0.29, 0.717) is 13.1 Å². The normalized spacial score (nSPS) is 18.3. The molecule has 1 aromatic heterocycles. The number of aromatic amines is 1. The topological polar surface area (TPSA) is 86.4 Å². The Labute approximate surface area is 151 Å². The Morgan fingerprint density at radius 1 is 1.35 bits per heavy atom. The van der Waals surface area contributed by atoms with Crippen LogP contribution in [0.2, 0.25) is 0 Å². The quantitative estimate of drug-likeness (QED) is 0.877. The molecule has 2 heterocycles. The van der Waals surface area contributed by atoms with Crippen LogP contribution in [0.25, 0.3) is 0 Å². The van der Waals surface area contributed by atoms with E-state index in [2.05, 4.69) is 10.2 Å². The number of aromatic nitrogens is 2. The van der Waals surface area contributed by atoms with E-state index >= 15 is 0 Å². The molecule has 2 aromatic rings. The second kappa shape index (κ2) is 7.16. The summed E-state index contributed by atoms with van der Waals surface area (Å²) >= 11 is 0. The number of benzene rings is 1. The predicted octanol–water partition coefficient (Wildman–Crippen LogP) is 1.82. The molecule has 26 heavy (non-hydrogen) atoms. The van der Waals surface area contributed by atoms with Crippen LogP contribution in [0.1, 0.15) is 34.8 Å². The van der Waals surface area contributed by atoms with E-state index in [1.807, 2.05) is 6.07 Å². The second-order valence-electron chi connectivity index (χ2n) is 6.53. The molecular weight excluding hydrogens is 359 g/mol. The molecule has 9 heteroatoms. The third kappa shape index (κ3) is 3.49. The minimum Gasteiger partial charge on any atom is -0.338 e. The van der Waals surface area contributed by atoms with Gasteiger partial charge in [0, 0.05) is 45.0 Å². The fraction of sp³-hybridized carbons (Fsp3) is 0.412. The van der Waals surface area contributed by atoms with Gasteiger partial charge in [0.15, 0.2) is 0 Å². The molecule has 0 spiro atoms. The molecule has 1 amide bonds. The molecule has 1 saturated heterocycles. The standard InChI is InChI=1S/C17H21FN4O3S/c1-21(2)26(24,25)13-5-6-15(18)14(10-13)17(23)22-9-3-4-12(11-22)16-7-8-19-20-16/h5-8,10,12H,3-4,9,11H2,1-2H3,(H,19,20)/t12-/m0/s1. The number of piperidine rings is 1. The van der Waals surface area contributed by atoms with Gasteiger partial charge in [-0.15, -0.1) is 0 Å². The minimum atomic E-state index is -3.74. The highest BCUT2D eigenvalue weighted by atomic mass is 32.2. The number of amides is 1. The first-order valence-corrected chi connectivity index (χ1v) is 9.75. The van der Waals surface area contributed by atoms with Crippen LogP contribution in [-0.4, -0.2) is 60.9 Å². The monoisotopic (exact) mass is 380 g/mol. The molecule has 3 rings (SSSR count). The number of nitrogens with one attached hydrogen (secondary N) is 1. The average molecular weight is 380 g/mol. The van der Waals surface area contributed by atoms with Gasteiger partial charge < -0.3 is 4.90 Å². The first-order valence-electron chi connectivity index (χ1n) is 8.31. The Bertz CT molecular complexity index is 897. The fourth-order valence-electron chi connectivity index (χ4n) is 3.12. The largest absolute Gasteiger partial charge is 0.338 e. The van der Waals surface area contributed by atoms with Crippen molar-refractivity contribution in [2.75, 3.05) is 27.2 Å². The molecule has 0 bridgehead atoms. The van der Waals surface area contributed by atoms with Gasteiger partial charge >= 0.3 is 0 Å². The van der Waals surface area contributed by atoms with E-state index in [9.17, 15) is 17.6 Å². The van der Waals surface area contributed by atoms with Crippen molar-refractivity contribution < 1.29 is 17.6 Å². The van der Waals surface area contributed by atoms with Gasteiger partial charge in [0.05, 0.1) is 10.5 Å². The minimum absolute atomic E-state index is 0.102. The molecule has 1 fully saturated rings. The van der Waals surface area contributed by atoms with E-state index in [1.54, 1.807) is 11.1 Å². The highest BCUT2D eigenvalue weighted by Gasteiger charge is 2.29. The maximum atomic E-state index is 14.3. The Morgan fingerprint density at radius 3 is 2.77 bits per heavy atom. The molecule has 0 saturated carbocycles. The smallest absolute Gasteiger partial charge is 0.256 e. The van der Waals surface area contributed by atoms with Crippen molar-refractivity contribution in [3.63, 3.8) is 0 Å². The Kier molecular flexibility index (Phi) is 5.10. The summed E-state index contributed by atoms with van der Waals surface area (Å²) in [4.78, 5) is 14.3. The number of sulfonamides is 1. The summed E-state index contributed by atoms with van der Waals surface area (Å²) in [6.45, 7) is 0.943. The van der Waals surface area contributed by atoms with Crippen molar-refractivity contribution in [2.45, 2.75) is 23.7 Å². The molecule has 1 aromatic carbocycles. The second-order valence-corrected chi connectivity index (χ2v) is 8.68. The fourth-order valence-corrected chi connectivity index (χ4v) is 4.05. The van der Waals surface area contributed by atoms with Gasteiger partial charge in [-0.1, -0.05) is 0 Å². The molecule has 1 atom stereocenters. The molecule has 1 aliphatic rings. The number of nitrogens with zero attached hydrogens (tertiary/aromatic N) is 3. The van der Waals surface area contributed by atoms with E-state index in [4.69, 9.17) is 0 Å². The maximum Gasteiger partial charge on any atom is 0.256 e. The zero-order valence-corrected chi connectivity index (χ0v) is 15.5. The molecule has 140 valence electrons. The third-order valence-electron chi connectivity index (χ3n) is 4.62. The van der Waals surface area contributed by atoms with Crippen molar-refractivity contribution in [1.29, 1.82) is 0 Å². The molecule has 0 unspecified atom stereocenters. The Morgan fingerprint density at radius 2 is 2.12 bits per heavy atom. The van der Waals surface area contributed by atoms with Crippen LogP contribution in [0.4, 0.5) is 4.39 Å². The summed E-state index contributed by atoms with van der Waals surface area (Å²) in [5.74, 6) is -1.12. The number of halogens is 1. The van der Waals surface area contributed by atoms with Crippen LogP contribution in [-0.2, 0) is 10.0 Å². The molecule has 7 nitrogen and oxygen atoms in total. The van der Waals surface area contributed by atoms with E-state index in [1.165, 1.54) is 20.2 Å². The zero-order chi connectivity index (χ0) is 18.9. The van der Waals surface area contributed by atoms with E-state index < -0.39 is 21.7 Å². The molecule has 1 aliphatic heterocycles. The third-order valence-corrected chi connectivity index (χ3v) is 6.43. The highest BCUT2D eigenvalue weighted by Crippen LogP contribution is 2.27. The zero-order valence-electron chi connectivity index (χ0n) is 14.6. The van der Waals surface area contributed by atoms with Crippen LogP contribution < -0.4 is 0 Å². The van der Waals surface area contributed by atoms with E-state index in [0.717, 1.165) is 35.0 Å². The van der Waals surface area contributed by atoms with Crippen LogP contribution >= 0.6 is 0 Å². The number of carbonyl (C=O) groups excluding carboxylic acids is 1. The molecule has 1 N–H and O–H groups in total. The van der Waals surface area contributed by atoms with Crippen molar-refractivity contribution in [3.8, 4) is 0 Å². The number of rotatable bonds is 4. The van der Waals surface area contributed by atoms with Crippen molar-refractivity contribution in [1.82, 2.24) is 19.4 Å². The number of hydrogen-bond acceptors (Lipinski definition) is 4. The summed E-state index contributed by atoms with van der Waals surface area (Å²) in [5.41, 5.74) is 0.713. The van der Waals surface area contributed by atoms with Gasteiger partial charge in [0.1, 0.15) is 5.82 Å². The Balaban J connectivity index is 1.87. The van der Waals surface area contributed by atoms with Gasteiger partial charge in [-0.25, -0.2) is 17.1 Å². The van der Waals surface area contributed by atoms with E-state index in [-0.39, 0.29) is 16.4 Å². The number of H-pyrrole nitrogens is 1. The lowest BCUT2D eigenvalue weighted by Crippen LogP contribution is -2.39. The summed E-state index contributed by atoms with van der Waals surface area (Å²) in [7, 11) is -0.967. The molecular formula is C17H21FN4O3S. The van der Waals surface area contributed by atoms with Crippen LogP contribution in [0.5, 0.6) is 0 Å². The van der Waals surface area contributed by atoms with Crippen molar-refractivity contribution in [2.24, 2.45) is 0 Å². The van der Waals surface area contributed by atoms with Crippen molar-refractivity contribution in [3.05, 3.63) is 47.5 Å². The maximum absolute atomic E-state index is 14.3. The number of hydrogen-bond donors (Lipinski definition) is 1. The van der Waals surface area contributed by atoms with Gasteiger partial charge in [-0.05, 0) is 37.1 Å². The van der Waals surface area contributed by atoms with Crippen LogP contribution in [0, 0.1) is 5.82 Å². The highest BCUT2D eigenvalue weighted by molar-refractivity contribution is 7.89. The average Bonchev–Trinajstić information content (AvgIpc) is 3.16. The van der Waals surface area contributed by atoms with Gasteiger partial charge in [-0.3, -0.25) is 9.89 Å². The van der Waals surface area contributed by atoms with Gasteiger partial charge in [-0.2, -0.15) is 5.10 Å². The van der Waals surface area contributed by atoms with Crippen LogP contribution in [0.3, 0.4) is 0 Å². The summed E-state index contributed by atoms with van der Waals surface area (Å²) in [5, 5.41) is 6.85. The first-order chi connectivity index (χ1) is 12.3. The lowest BCUT2D eigenvalue weighted by atomic mass is 9.94. The Hall–Kier alpha value is -2.26. The SMILES string of the molecule is CN(C)S(=O)(=O)c1ccc(F)c(C(=O)N2CCC[C@H](c3ccn[nH]3)C2)c1. The lowest BCUT2D eigenvalue weighted by molar-refractivity contribution is 0.0701. The van der Waals surface area contributed by atoms with Crippen molar-refractivity contribution >= 4 is 15.9 Å².